The van der Waals surface area contributed by atoms with E-state index in [2.05, 4.69) is 5.32 Å². The molecule has 168 valence electrons. The number of carbonyl (C=O) groups excluding carboxylic acids is 4. The molecule has 5 rings (SSSR count). The van der Waals surface area contributed by atoms with Gasteiger partial charge in [-0.3, -0.25) is 29.4 Å². The number of nitrogens with zero attached hydrogens (tertiary/aromatic N) is 1. The fourth-order valence-corrected chi connectivity index (χ4v) is 6.90. The topological polar surface area (TPSA) is 113 Å². The lowest BCUT2D eigenvalue weighted by molar-refractivity contribution is -0.138. The molecular formula is C22H20Cl2N2O6. The Morgan fingerprint density at radius 2 is 1.84 bits per heavy atom. The molecule has 6 atom stereocenters. The Morgan fingerprint density at radius 3 is 2.53 bits per heavy atom. The fraction of sp³-hybridized carbons (Fsp3) is 0.455. The highest BCUT2D eigenvalue weighted by molar-refractivity contribution is 6.53. The van der Waals surface area contributed by atoms with Crippen molar-refractivity contribution in [1.82, 2.24) is 10.2 Å². The minimum atomic E-state index is -1.93. The number of hydrogen-bond donors (Lipinski definition) is 2. The second kappa shape index (κ2) is 6.71. The number of allylic oxidation sites excluding steroid dienone is 2. The van der Waals surface area contributed by atoms with Crippen LogP contribution >= 0.6 is 23.2 Å². The molecule has 4 amide bonds. The van der Waals surface area contributed by atoms with Crippen LogP contribution in [-0.2, 0) is 19.2 Å². The van der Waals surface area contributed by atoms with Gasteiger partial charge in [-0.15, -0.1) is 23.2 Å². The normalized spacial score (nSPS) is 38.1. The predicted molar refractivity (Wildman–Crippen MR) is 113 cm³/mol. The van der Waals surface area contributed by atoms with Crippen molar-refractivity contribution in [2.24, 2.45) is 17.8 Å². The minimum absolute atomic E-state index is 0.0814. The number of amides is 4. The lowest BCUT2D eigenvalue weighted by Crippen LogP contribution is -2.60. The zero-order valence-corrected chi connectivity index (χ0v) is 18.7. The molecule has 0 radical (unpaired) electrons. The molecule has 2 N–H and O–H groups in total. The number of phenols is 1. The van der Waals surface area contributed by atoms with Crippen LogP contribution in [0, 0.1) is 17.8 Å². The number of methoxy groups -OCH3 is 1. The van der Waals surface area contributed by atoms with Crippen LogP contribution in [0.3, 0.4) is 0 Å². The summed E-state index contributed by atoms with van der Waals surface area (Å²) in [5.41, 5.74) is 0.877. The number of rotatable bonds is 2. The third-order valence-corrected chi connectivity index (χ3v) is 8.82. The number of imide groups is 2. The van der Waals surface area contributed by atoms with Gasteiger partial charge >= 0.3 is 0 Å². The van der Waals surface area contributed by atoms with Crippen LogP contribution in [-0.4, -0.2) is 57.5 Å². The summed E-state index contributed by atoms with van der Waals surface area (Å²) in [6.07, 6.45) is 1.99. The van der Waals surface area contributed by atoms with Crippen LogP contribution in [0.1, 0.15) is 24.3 Å². The molecule has 0 aromatic heterocycles. The summed E-state index contributed by atoms with van der Waals surface area (Å²) in [6.45, 7) is 0. The van der Waals surface area contributed by atoms with Gasteiger partial charge in [-0.1, -0.05) is 11.6 Å². The number of hydrogen-bond acceptors (Lipinski definition) is 6. The standard InChI is InChI=1S/C22H20Cl2N2O6/c1-26-19(30)21(23)8-13-10(4-5-11-15(13)18(29)25-17(11)28)16(22(21,24)20(26)31)12-7-9(32-2)3-6-14(12)27/h3-4,6-7,11,13,15-16,27H,5,8H2,1-2H3,(H,25,28,29). The van der Waals surface area contributed by atoms with Crippen molar-refractivity contribution in [3.8, 4) is 11.5 Å². The molecule has 1 saturated carbocycles. The minimum Gasteiger partial charge on any atom is -0.508 e. The lowest BCUT2D eigenvalue weighted by Gasteiger charge is -2.50. The zero-order chi connectivity index (χ0) is 23.2. The van der Waals surface area contributed by atoms with Gasteiger partial charge in [-0.2, -0.15) is 0 Å². The van der Waals surface area contributed by atoms with Gasteiger partial charge in [0.05, 0.1) is 18.9 Å². The maximum absolute atomic E-state index is 13.4. The highest BCUT2D eigenvalue weighted by atomic mass is 35.5. The smallest absolute Gasteiger partial charge is 0.253 e. The number of halogens is 2. The summed E-state index contributed by atoms with van der Waals surface area (Å²) < 4.78 is 5.30. The van der Waals surface area contributed by atoms with Gasteiger partial charge in [-0.25, -0.2) is 0 Å². The summed E-state index contributed by atoms with van der Waals surface area (Å²) in [7, 11) is 2.77. The molecule has 32 heavy (non-hydrogen) atoms. The fourth-order valence-electron chi connectivity index (χ4n) is 5.89. The number of aromatic hydroxyl groups is 1. The number of alkyl halides is 2. The molecule has 2 aliphatic carbocycles. The van der Waals surface area contributed by atoms with Crippen LogP contribution in [0.5, 0.6) is 11.5 Å². The molecular weight excluding hydrogens is 459 g/mol. The first-order valence-corrected chi connectivity index (χ1v) is 10.9. The van der Waals surface area contributed by atoms with Crippen LogP contribution in [0.15, 0.2) is 29.8 Å². The van der Waals surface area contributed by atoms with E-state index in [1.165, 1.54) is 20.2 Å². The molecule has 0 bridgehead atoms. The molecule has 2 aliphatic heterocycles. The summed E-state index contributed by atoms with van der Waals surface area (Å²) in [6, 6.07) is 4.51. The SMILES string of the molecule is COc1ccc(O)c(C2C3=CCC4C(=O)NC(=O)C4C3CC3(Cl)C(=O)N(C)C(=O)C23Cl)c1. The Balaban J connectivity index is 1.78. The summed E-state index contributed by atoms with van der Waals surface area (Å²) in [5, 5.41) is 13.1. The first kappa shape index (κ1) is 21.3. The summed E-state index contributed by atoms with van der Waals surface area (Å²) in [5.74, 6) is -4.83. The lowest BCUT2D eigenvalue weighted by atomic mass is 9.56. The van der Waals surface area contributed by atoms with Crippen molar-refractivity contribution in [1.29, 1.82) is 0 Å². The first-order chi connectivity index (χ1) is 15.1. The highest BCUT2D eigenvalue weighted by Crippen LogP contribution is 2.65. The second-order valence-electron chi connectivity index (χ2n) is 8.78. The molecule has 2 heterocycles. The molecule has 10 heteroatoms. The van der Waals surface area contributed by atoms with E-state index in [-0.39, 0.29) is 30.1 Å². The number of likely N-dealkylation sites (tertiary alicyclic amines) is 1. The van der Waals surface area contributed by atoms with Gasteiger partial charge in [-0.05, 0) is 37.0 Å². The van der Waals surface area contributed by atoms with E-state index in [9.17, 15) is 24.3 Å². The Kier molecular flexibility index (Phi) is 4.46. The molecule has 1 aromatic carbocycles. The van der Waals surface area contributed by atoms with Crippen molar-refractivity contribution >= 4 is 46.8 Å². The molecule has 8 nitrogen and oxygen atoms in total. The molecule has 2 saturated heterocycles. The van der Waals surface area contributed by atoms with Gasteiger partial charge in [0.15, 0.2) is 9.75 Å². The highest BCUT2D eigenvalue weighted by Gasteiger charge is 2.75. The summed E-state index contributed by atoms with van der Waals surface area (Å²) in [4.78, 5) is 48.7. The average Bonchev–Trinajstić information content (AvgIpc) is 3.13. The van der Waals surface area contributed by atoms with E-state index < -0.39 is 51.1 Å². The number of benzene rings is 1. The summed E-state index contributed by atoms with van der Waals surface area (Å²) >= 11 is 14.0. The van der Waals surface area contributed by atoms with E-state index in [1.54, 1.807) is 18.2 Å². The zero-order valence-electron chi connectivity index (χ0n) is 17.2. The predicted octanol–water partition coefficient (Wildman–Crippen LogP) is 1.68. The van der Waals surface area contributed by atoms with Crippen molar-refractivity contribution in [3.63, 3.8) is 0 Å². The number of nitrogens with one attached hydrogen (secondary N) is 1. The Labute approximate surface area is 193 Å². The number of phenolic OH excluding ortho intramolecular Hbond substituents is 1. The van der Waals surface area contributed by atoms with Crippen LogP contribution in [0.4, 0.5) is 0 Å². The van der Waals surface area contributed by atoms with Crippen molar-refractivity contribution in [2.45, 2.75) is 28.5 Å². The molecule has 0 spiro atoms. The third kappa shape index (κ3) is 2.39. The number of fused-ring (bicyclic) bond motifs is 4. The number of carbonyl (C=O) groups is 4. The van der Waals surface area contributed by atoms with Gasteiger partial charge in [0.2, 0.25) is 11.8 Å². The van der Waals surface area contributed by atoms with E-state index in [1.807, 2.05) is 0 Å². The van der Waals surface area contributed by atoms with Crippen molar-refractivity contribution in [3.05, 3.63) is 35.4 Å². The molecule has 4 aliphatic rings. The van der Waals surface area contributed by atoms with E-state index >= 15 is 0 Å². The van der Waals surface area contributed by atoms with Gasteiger partial charge in [0.1, 0.15) is 11.5 Å². The van der Waals surface area contributed by atoms with Gasteiger partial charge in [0, 0.05) is 18.5 Å². The molecule has 1 aromatic rings. The van der Waals surface area contributed by atoms with Crippen molar-refractivity contribution in [2.75, 3.05) is 14.2 Å². The Morgan fingerprint density at radius 1 is 1.12 bits per heavy atom. The van der Waals surface area contributed by atoms with Gasteiger partial charge in [0.25, 0.3) is 11.8 Å². The van der Waals surface area contributed by atoms with Gasteiger partial charge < -0.3 is 9.84 Å². The second-order valence-corrected chi connectivity index (χ2v) is 10.0. The maximum atomic E-state index is 13.4. The Hall–Kier alpha value is -2.58. The van der Waals surface area contributed by atoms with E-state index in [4.69, 9.17) is 27.9 Å². The number of ether oxygens (including phenoxy) is 1. The van der Waals surface area contributed by atoms with Crippen LogP contribution in [0.25, 0.3) is 0 Å². The third-order valence-electron chi connectivity index (χ3n) is 7.40. The average molecular weight is 479 g/mol. The van der Waals surface area contributed by atoms with Crippen molar-refractivity contribution < 1.29 is 29.0 Å². The first-order valence-electron chi connectivity index (χ1n) is 10.2. The Bertz CT molecular complexity index is 1140. The molecule has 3 fully saturated rings. The quantitative estimate of drug-likeness (QED) is 0.379. The molecule has 6 unspecified atom stereocenters. The van der Waals surface area contributed by atoms with Crippen LogP contribution in [0.2, 0.25) is 0 Å². The van der Waals surface area contributed by atoms with Crippen LogP contribution < -0.4 is 10.1 Å². The largest absolute Gasteiger partial charge is 0.508 e. The monoisotopic (exact) mass is 478 g/mol. The van der Waals surface area contributed by atoms with E-state index in [0.29, 0.717) is 11.3 Å². The van der Waals surface area contributed by atoms with E-state index in [0.717, 1.165) is 4.90 Å². The maximum Gasteiger partial charge on any atom is 0.253 e.